The van der Waals surface area contributed by atoms with Crippen LogP contribution in [0.3, 0.4) is 0 Å². The van der Waals surface area contributed by atoms with E-state index in [1.807, 2.05) is 0 Å². The third kappa shape index (κ3) is 2.81. The van der Waals surface area contributed by atoms with Crippen LogP contribution in [0.15, 0.2) is 0 Å². The molecule has 0 amide bonds. The lowest BCUT2D eigenvalue weighted by Crippen LogP contribution is -2.50. The summed E-state index contributed by atoms with van der Waals surface area (Å²) >= 11 is 0. The van der Waals surface area contributed by atoms with Crippen LogP contribution >= 0.6 is 0 Å². The summed E-state index contributed by atoms with van der Waals surface area (Å²) in [5, 5.41) is 0. The van der Waals surface area contributed by atoms with Crippen LogP contribution in [0.4, 0.5) is 0 Å². The van der Waals surface area contributed by atoms with E-state index in [2.05, 4.69) is 14.1 Å². The molecule has 0 saturated carbocycles. The zero-order valence-corrected chi connectivity index (χ0v) is 8.17. The van der Waals surface area contributed by atoms with Crippen LogP contribution in [0.2, 0.25) is 0 Å². The molecule has 1 atom stereocenters. The second-order valence-electron chi connectivity index (χ2n) is 4.22. The predicted molar refractivity (Wildman–Crippen MR) is 46.6 cm³/mol. The Hall–Kier alpha value is -0.570. The highest BCUT2D eigenvalue weighted by Crippen LogP contribution is 2.16. The monoisotopic (exact) mass is 172 g/mol. The lowest BCUT2D eigenvalue weighted by atomic mass is 10.1. The second-order valence-corrected chi connectivity index (χ2v) is 4.22. The van der Waals surface area contributed by atoms with Gasteiger partial charge < -0.3 is 9.22 Å². The van der Waals surface area contributed by atoms with Gasteiger partial charge in [-0.3, -0.25) is 4.79 Å². The van der Waals surface area contributed by atoms with Crippen LogP contribution in [0.5, 0.6) is 0 Å². The molecule has 0 aromatic carbocycles. The van der Waals surface area contributed by atoms with Crippen molar-refractivity contribution >= 4 is 5.97 Å². The van der Waals surface area contributed by atoms with Gasteiger partial charge in [0.15, 0.2) is 6.10 Å². The van der Waals surface area contributed by atoms with Crippen molar-refractivity contribution < 1.29 is 14.0 Å². The number of rotatable bonds is 1. The summed E-state index contributed by atoms with van der Waals surface area (Å²) in [7, 11) is 4.35. The summed E-state index contributed by atoms with van der Waals surface area (Å²) < 4.78 is 6.14. The molecule has 1 rings (SSSR count). The molecule has 1 aliphatic heterocycles. The zero-order chi connectivity index (χ0) is 9.19. The minimum absolute atomic E-state index is 0.145. The first-order valence-electron chi connectivity index (χ1n) is 4.49. The minimum atomic E-state index is -0.151. The van der Waals surface area contributed by atoms with Gasteiger partial charge in [0, 0.05) is 13.3 Å². The molecule has 1 saturated heterocycles. The largest absolute Gasteiger partial charge is 0.457 e. The lowest BCUT2D eigenvalue weighted by Gasteiger charge is -2.37. The van der Waals surface area contributed by atoms with Crippen molar-refractivity contribution in [2.45, 2.75) is 25.9 Å². The zero-order valence-electron chi connectivity index (χ0n) is 8.17. The Balaban J connectivity index is 2.41. The fraction of sp³-hybridized carbons (Fsp3) is 0.889. The Morgan fingerprint density at radius 2 is 2.17 bits per heavy atom. The Bertz CT molecular complexity index is 177. The summed E-state index contributed by atoms with van der Waals surface area (Å²) in [4.78, 5) is 10.7. The number of hydrogen-bond acceptors (Lipinski definition) is 2. The van der Waals surface area contributed by atoms with Crippen LogP contribution in [-0.2, 0) is 9.53 Å². The summed E-state index contributed by atoms with van der Waals surface area (Å²) in [6, 6.07) is 0. The molecule has 1 fully saturated rings. The average Bonchev–Trinajstić information content (AvgIpc) is 1.82. The van der Waals surface area contributed by atoms with Crippen molar-refractivity contribution in [3.05, 3.63) is 0 Å². The van der Waals surface area contributed by atoms with Gasteiger partial charge in [-0.1, -0.05) is 0 Å². The van der Waals surface area contributed by atoms with Gasteiger partial charge in [0.1, 0.15) is 6.54 Å². The van der Waals surface area contributed by atoms with Gasteiger partial charge in [-0.05, 0) is 6.42 Å². The van der Waals surface area contributed by atoms with Gasteiger partial charge in [0.25, 0.3) is 0 Å². The Morgan fingerprint density at radius 1 is 1.50 bits per heavy atom. The molecule has 0 unspecified atom stereocenters. The number of carbonyl (C=O) groups is 1. The number of hydrogen-bond donors (Lipinski definition) is 0. The van der Waals surface area contributed by atoms with Gasteiger partial charge in [-0.25, -0.2) is 0 Å². The first kappa shape index (κ1) is 9.52. The molecular weight excluding hydrogens is 154 g/mol. The fourth-order valence-corrected chi connectivity index (χ4v) is 1.81. The summed E-state index contributed by atoms with van der Waals surface area (Å²) in [6.07, 6.45) is 2.33. The standard InChI is InChI=1S/C9H18NO2/c1-8(11)12-9-5-4-6-10(2,3)7-9/h9H,4-7H2,1-3H3/q+1/t9-/m1/s1. The second kappa shape index (κ2) is 3.44. The normalized spacial score (nSPS) is 28.1. The van der Waals surface area contributed by atoms with E-state index in [-0.39, 0.29) is 12.1 Å². The first-order chi connectivity index (χ1) is 5.49. The molecule has 0 spiro atoms. The van der Waals surface area contributed by atoms with Crippen molar-refractivity contribution in [3.8, 4) is 0 Å². The lowest BCUT2D eigenvalue weighted by molar-refractivity contribution is -0.898. The number of piperidine rings is 1. The van der Waals surface area contributed by atoms with Gasteiger partial charge >= 0.3 is 5.97 Å². The first-order valence-corrected chi connectivity index (χ1v) is 4.49. The van der Waals surface area contributed by atoms with E-state index in [0.717, 1.165) is 23.9 Å². The molecule has 1 aliphatic rings. The van der Waals surface area contributed by atoms with Gasteiger partial charge in [0.2, 0.25) is 0 Å². The van der Waals surface area contributed by atoms with E-state index in [0.29, 0.717) is 0 Å². The number of nitrogens with zero attached hydrogens (tertiary/aromatic N) is 1. The molecule has 0 aliphatic carbocycles. The molecule has 3 nitrogen and oxygen atoms in total. The molecule has 0 aromatic rings. The molecule has 0 bridgehead atoms. The Labute approximate surface area is 73.9 Å². The highest BCUT2D eigenvalue weighted by molar-refractivity contribution is 5.66. The predicted octanol–water partition coefficient (Wildman–Crippen LogP) is 0.788. The molecule has 1 heterocycles. The maximum atomic E-state index is 10.7. The summed E-state index contributed by atoms with van der Waals surface area (Å²) in [5.74, 6) is -0.151. The van der Waals surface area contributed by atoms with Crippen molar-refractivity contribution in [1.82, 2.24) is 0 Å². The van der Waals surface area contributed by atoms with Crippen LogP contribution in [0.25, 0.3) is 0 Å². The number of carbonyl (C=O) groups excluding carboxylic acids is 1. The van der Waals surface area contributed by atoms with Crippen molar-refractivity contribution in [2.24, 2.45) is 0 Å². The molecule has 0 aromatic heterocycles. The average molecular weight is 172 g/mol. The number of likely N-dealkylation sites (N-methyl/N-ethyl adjacent to an activating group) is 1. The van der Waals surface area contributed by atoms with Gasteiger partial charge in [-0.15, -0.1) is 0 Å². The molecule has 70 valence electrons. The Morgan fingerprint density at radius 3 is 2.67 bits per heavy atom. The highest BCUT2D eigenvalue weighted by Gasteiger charge is 2.28. The highest BCUT2D eigenvalue weighted by atomic mass is 16.5. The third-order valence-electron chi connectivity index (χ3n) is 2.32. The fourth-order valence-electron chi connectivity index (χ4n) is 1.81. The third-order valence-corrected chi connectivity index (χ3v) is 2.32. The van der Waals surface area contributed by atoms with Crippen LogP contribution < -0.4 is 0 Å². The molecule has 0 N–H and O–H groups in total. The number of likely N-dealkylation sites (tertiary alicyclic amines) is 1. The smallest absolute Gasteiger partial charge is 0.303 e. The van der Waals surface area contributed by atoms with E-state index in [1.54, 1.807) is 0 Å². The number of esters is 1. The van der Waals surface area contributed by atoms with Gasteiger partial charge in [-0.2, -0.15) is 0 Å². The van der Waals surface area contributed by atoms with Gasteiger partial charge in [0.05, 0.1) is 20.6 Å². The molecule has 3 heteroatoms. The van der Waals surface area contributed by atoms with E-state index < -0.39 is 0 Å². The molecule has 0 radical (unpaired) electrons. The van der Waals surface area contributed by atoms with E-state index in [9.17, 15) is 4.79 Å². The van der Waals surface area contributed by atoms with Crippen molar-refractivity contribution in [2.75, 3.05) is 27.2 Å². The number of quaternary nitrogens is 1. The van der Waals surface area contributed by atoms with E-state index >= 15 is 0 Å². The quantitative estimate of drug-likeness (QED) is 0.432. The van der Waals surface area contributed by atoms with E-state index in [4.69, 9.17) is 4.74 Å². The van der Waals surface area contributed by atoms with Crippen molar-refractivity contribution in [1.29, 1.82) is 0 Å². The van der Waals surface area contributed by atoms with Crippen LogP contribution in [-0.4, -0.2) is 43.7 Å². The summed E-state index contributed by atoms with van der Waals surface area (Å²) in [5.41, 5.74) is 0. The van der Waals surface area contributed by atoms with Crippen LogP contribution in [0, 0.1) is 0 Å². The van der Waals surface area contributed by atoms with Crippen molar-refractivity contribution in [3.63, 3.8) is 0 Å². The maximum absolute atomic E-state index is 10.7. The molecular formula is C9H18NO2+. The van der Waals surface area contributed by atoms with Crippen LogP contribution in [0.1, 0.15) is 19.8 Å². The van der Waals surface area contributed by atoms with E-state index in [1.165, 1.54) is 13.5 Å². The molecule has 12 heavy (non-hydrogen) atoms. The summed E-state index contributed by atoms with van der Waals surface area (Å²) in [6.45, 7) is 3.63. The Kier molecular flexibility index (Phi) is 2.73. The maximum Gasteiger partial charge on any atom is 0.303 e. The SMILES string of the molecule is CC(=O)O[C@@H]1CCC[N+](C)(C)C1. The topological polar surface area (TPSA) is 26.3 Å². The number of ether oxygens (including phenoxy) is 1. The minimum Gasteiger partial charge on any atom is -0.457 e.